The van der Waals surface area contributed by atoms with E-state index in [2.05, 4.69) is 58.4 Å². The minimum Gasteiger partial charge on any atom is -0.390 e. The molecule has 51 heavy (non-hydrogen) atoms. The largest absolute Gasteiger partial charge is 0.390 e. The molecule has 3 heterocycles. The summed E-state index contributed by atoms with van der Waals surface area (Å²) in [6.07, 6.45) is 9.18. The molecule has 0 aromatic rings. The summed E-state index contributed by atoms with van der Waals surface area (Å²) in [7, 11) is 2.06. The summed E-state index contributed by atoms with van der Waals surface area (Å²) in [6, 6.07) is 0. The highest BCUT2D eigenvalue weighted by Crippen LogP contribution is 2.82. The van der Waals surface area contributed by atoms with Crippen LogP contribution >= 0.6 is 0 Å². The summed E-state index contributed by atoms with van der Waals surface area (Å²) in [4.78, 5) is 4.52. The smallest absolute Gasteiger partial charge is 0.170 e. The van der Waals surface area contributed by atoms with Crippen molar-refractivity contribution in [3.8, 4) is 0 Å². The zero-order valence-electron chi connectivity index (χ0n) is 33.9. The van der Waals surface area contributed by atoms with Crippen molar-refractivity contribution in [1.29, 1.82) is 0 Å². The fourth-order valence-corrected chi connectivity index (χ4v) is 13.9. The first-order valence-corrected chi connectivity index (χ1v) is 20.8. The number of rotatable bonds is 11. The van der Waals surface area contributed by atoms with Crippen LogP contribution in [-0.4, -0.2) is 126 Å². The number of ether oxygens (including phenoxy) is 4. The molecule has 7 rings (SSSR count). The minimum atomic E-state index is -1.02. The summed E-state index contributed by atoms with van der Waals surface area (Å²) in [6.45, 7) is 24.9. The second-order valence-electron chi connectivity index (χ2n) is 21.0. The summed E-state index contributed by atoms with van der Waals surface area (Å²) in [5.74, 6) is 1.25. The first-order chi connectivity index (χ1) is 23.7. The van der Waals surface area contributed by atoms with Gasteiger partial charge in [0.25, 0.3) is 0 Å². The number of fused-ring (bicyclic) bond motifs is 1. The molecular weight excluding hydrogens is 644 g/mol. The van der Waals surface area contributed by atoms with Crippen LogP contribution in [-0.2, 0) is 18.9 Å². The molecule has 0 aromatic heterocycles. The van der Waals surface area contributed by atoms with Gasteiger partial charge in [-0.3, -0.25) is 4.90 Å². The van der Waals surface area contributed by atoms with E-state index in [1.807, 2.05) is 20.8 Å². The molecular formula is C42H74N2O7. The molecule has 4 saturated carbocycles. The number of likely N-dealkylation sites (tertiary alicyclic amines) is 1. The third-order valence-corrected chi connectivity index (χ3v) is 16.7. The lowest BCUT2D eigenvalue weighted by Crippen LogP contribution is -2.66. The van der Waals surface area contributed by atoms with Gasteiger partial charge in [0, 0.05) is 39.3 Å². The Kier molecular flexibility index (Phi) is 10.0. The second-order valence-corrected chi connectivity index (χ2v) is 21.0. The molecule has 12 atom stereocenters. The van der Waals surface area contributed by atoms with Crippen LogP contribution in [0.5, 0.6) is 0 Å². The maximum Gasteiger partial charge on any atom is 0.170 e. The predicted molar refractivity (Wildman–Crippen MR) is 198 cm³/mol. The van der Waals surface area contributed by atoms with Crippen LogP contribution in [0.15, 0.2) is 0 Å². The SMILES string of the molecule is CCO[C@@H](C1C[C@@H](C)[C@H]2C(O1)[C@H](O)C(C)(C)[C@]2(C)CC[C@]12CCC[C@H]3C(C)(C)[C@@H](O[C@H]4CN(CC5(O)CN(C)C5)CCO4)CC[C@@]31C2)C(C)(C)O. The number of aliphatic hydroxyl groups is 3. The zero-order valence-corrected chi connectivity index (χ0v) is 33.9. The second kappa shape index (κ2) is 13.1. The average molecular weight is 719 g/mol. The first-order valence-electron chi connectivity index (χ1n) is 20.8. The quantitative estimate of drug-likeness (QED) is 0.257. The predicted octanol–water partition coefficient (Wildman–Crippen LogP) is 5.48. The topological polar surface area (TPSA) is 104 Å². The summed E-state index contributed by atoms with van der Waals surface area (Å²) >= 11 is 0. The van der Waals surface area contributed by atoms with Crippen molar-refractivity contribution in [1.82, 2.24) is 9.80 Å². The molecule has 3 aliphatic heterocycles. The highest BCUT2D eigenvalue weighted by molar-refractivity contribution is 5.24. The average Bonchev–Trinajstić information content (AvgIpc) is 3.66. The van der Waals surface area contributed by atoms with Gasteiger partial charge in [0.2, 0.25) is 0 Å². The van der Waals surface area contributed by atoms with Crippen molar-refractivity contribution in [2.24, 2.45) is 44.8 Å². The maximum absolute atomic E-state index is 12.0. The lowest BCUT2D eigenvalue weighted by atomic mass is 9.52. The Morgan fingerprint density at radius 3 is 2.43 bits per heavy atom. The number of nitrogens with zero attached hydrogens (tertiary/aromatic N) is 2. The Bertz CT molecular complexity index is 1260. The van der Waals surface area contributed by atoms with Crippen LogP contribution in [0.25, 0.3) is 0 Å². The van der Waals surface area contributed by atoms with Crippen LogP contribution in [0.4, 0.5) is 0 Å². The van der Waals surface area contributed by atoms with Crippen molar-refractivity contribution < 1.29 is 34.3 Å². The van der Waals surface area contributed by atoms with E-state index in [1.54, 1.807) is 0 Å². The molecule has 9 nitrogen and oxygen atoms in total. The molecule has 0 amide bonds. The molecule has 0 bridgehead atoms. The van der Waals surface area contributed by atoms with E-state index in [0.29, 0.717) is 42.4 Å². The normalized spacial score (nSPS) is 46.8. The Hall–Kier alpha value is -0.360. The van der Waals surface area contributed by atoms with Gasteiger partial charge >= 0.3 is 0 Å². The van der Waals surface area contributed by atoms with Crippen molar-refractivity contribution >= 4 is 0 Å². The number of hydrogen-bond donors (Lipinski definition) is 3. The molecule has 1 spiro atoms. The van der Waals surface area contributed by atoms with Crippen LogP contribution in [0.2, 0.25) is 0 Å². The molecule has 9 heteroatoms. The van der Waals surface area contributed by atoms with Crippen LogP contribution in [0.3, 0.4) is 0 Å². The Morgan fingerprint density at radius 2 is 1.76 bits per heavy atom. The lowest BCUT2D eigenvalue weighted by molar-refractivity contribution is -0.246. The van der Waals surface area contributed by atoms with E-state index in [-0.39, 0.29) is 46.8 Å². The van der Waals surface area contributed by atoms with Crippen LogP contribution < -0.4 is 0 Å². The highest BCUT2D eigenvalue weighted by atomic mass is 16.7. The van der Waals surface area contributed by atoms with E-state index in [4.69, 9.17) is 18.9 Å². The maximum atomic E-state index is 12.0. The van der Waals surface area contributed by atoms with Gasteiger partial charge in [-0.1, -0.05) is 48.0 Å². The summed E-state index contributed by atoms with van der Waals surface area (Å²) < 4.78 is 26.1. The van der Waals surface area contributed by atoms with E-state index < -0.39 is 23.4 Å². The Labute approximate surface area is 309 Å². The summed E-state index contributed by atoms with van der Waals surface area (Å²) in [5, 5.41) is 33.9. The number of morpholine rings is 1. The number of hydrogen-bond acceptors (Lipinski definition) is 9. The lowest BCUT2D eigenvalue weighted by Gasteiger charge is -2.55. The van der Waals surface area contributed by atoms with Crippen molar-refractivity contribution in [3.63, 3.8) is 0 Å². The molecule has 0 aromatic carbocycles. The third kappa shape index (κ3) is 6.31. The monoisotopic (exact) mass is 719 g/mol. The molecule has 7 fully saturated rings. The zero-order chi connectivity index (χ0) is 37.0. The number of aliphatic hydroxyl groups excluding tert-OH is 1. The molecule has 2 unspecified atom stereocenters. The van der Waals surface area contributed by atoms with Gasteiger partial charge in [-0.2, -0.15) is 0 Å². The van der Waals surface area contributed by atoms with E-state index >= 15 is 0 Å². The molecule has 4 aliphatic carbocycles. The van der Waals surface area contributed by atoms with Crippen molar-refractivity contribution in [3.05, 3.63) is 0 Å². The van der Waals surface area contributed by atoms with Gasteiger partial charge in [0.1, 0.15) is 11.7 Å². The summed E-state index contributed by atoms with van der Waals surface area (Å²) in [5.41, 5.74) is -1.15. The molecule has 294 valence electrons. The van der Waals surface area contributed by atoms with Crippen molar-refractivity contribution in [2.45, 2.75) is 168 Å². The molecule has 0 radical (unpaired) electrons. The minimum absolute atomic E-state index is 0.0646. The Balaban J connectivity index is 1.02. The number of β-amino-alcohol motifs (C(OH)–C–C–N with tert-alkyl or cyclic N) is 1. The molecule has 7 aliphatic rings. The first kappa shape index (κ1) is 38.9. The van der Waals surface area contributed by atoms with Gasteiger partial charge in [0.15, 0.2) is 6.29 Å². The van der Waals surface area contributed by atoms with Gasteiger partial charge in [-0.05, 0) is 124 Å². The van der Waals surface area contributed by atoms with E-state index in [9.17, 15) is 15.3 Å². The highest BCUT2D eigenvalue weighted by Gasteiger charge is 2.75. The Morgan fingerprint density at radius 1 is 1.04 bits per heavy atom. The third-order valence-electron chi connectivity index (χ3n) is 16.7. The van der Waals surface area contributed by atoms with Gasteiger partial charge in [0.05, 0.1) is 36.6 Å². The van der Waals surface area contributed by atoms with Gasteiger partial charge in [-0.25, -0.2) is 0 Å². The van der Waals surface area contributed by atoms with E-state index in [1.165, 1.54) is 38.5 Å². The number of likely N-dealkylation sites (N-methyl/N-ethyl adjacent to an activating group) is 1. The fourth-order valence-electron chi connectivity index (χ4n) is 13.9. The molecule has 3 saturated heterocycles. The van der Waals surface area contributed by atoms with Gasteiger partial charge in [-0.15, -0.1) is 0 Å². The van der Waals surface area contributed by atoms with Crippen LogP contribution in [0.1, 0.15) is 120 Å². The van der Waals surface area contributed by atoms with Crippen molar-refractivity contribution in [2.75, 3.05) is 53.0 Å². The fraction of sp³-hybridized carbons (Fsp3) is 1.00. The standard InChI is InChI=1S/C42H74N2O7/c1-11-48-35(38(7,8)46)28-21-27(2)32-33(50-28)34(45)37(5,6)39(32,9)17-18-40-15-12-13-29-36(3,4)30(14-16-42(29,40)23-40)51-31-22-44(19-20-49-31)26-41(47)24-43(10)25-41/h27-35,45-47H,11-26H2,1-10H3/t27-,28?,29+,30+,31+,32+,33?,34+,35+,39-,40+,42-/m1/s1. The van der Waals surface area contributed by atoms with Crippen LogP contribution in [0, 0.1) is 44.8 Å². The van der Waals surface area contributed by atoms with E-state index in [0.717, 1.165) is 45.4 Å². The van der Waals surface area contributed by atoms with Gasteiger partial charge < -0.3 is 39.2 Å². The molecule has 3 N–H and O–H groups in total.